The highest BCUT2D eigenvalue weighted by molar-refractivity contribution is 5.95. The molecular weight excluding hydrogens is 306 g/mol. The van der Waals surface area contributed by atoms with Crippen molar-refractivity contribution >= 4 is 23.2 Å². The molecule has 6 heteroatoms. The van der Waals surface area contributed by atoms with Crippen LogP contribution in [0.3, 0.4) is 0 Å². The third-order valence-electron chi connectivity index (χ3n) is 4.12. The van der Waals surface area contributed by atoms with Crippen LogP contribution in [0, 0.1) is 0 Å². The summed E-state index contributed by atoms with van der Waals surface area (Å²) in [7, 11) is 0. The van der Waals surface area contributed by atoms with E-state index >= 15 is 0 Å². The van der Waals surface area contributed by atoms with Crippen LogP contribution in [0.1, 0.15) is 18.9 Å². The van der Waals surface area contributed by atoms with E-state index in [0.717, 1.165) is 17.7 Å². The number of anilines is 2. The number of nitrogens with one attached hydrogen (secondary N) is 1. The van der Waals surface area contributed by atoms with Gasteiger partial charge < -0.3 is 14.8 Å². The van der Waals surface area contributed by atoms with Crippen molar-refractivity contribution in [3.05, 3.63) is 58.5 Å². The van der Waals surface area contributed by atoms with Crippen molar-refractivity contribution in [2.45, 2.75) is 26.3 Å². The Kier molecular flexibility index (Phi) is 4.46. The first-order valence-electron chi connectivity index (χ1n) is 7.91. The van der Waals surface area contributed by atoms with E-state index in [-0.39, 0.29) is 23.8 Å². The normalized spacial score (nSPS) is 12.8. The van der Waals surface area contributed by atoms with E-state index in [1.54, 1.807) is 36.2 Å². The molecule has 124 valence electrons. The number of carbonyl (C=O) groups excluding carboxylic acids is 2. The highest BCUT2D eigenvalue weighted by Gasteiger charge is 2.22. The van der Waals surface area contributed by atoms with Crippen molar-refractivity contribution in [3.8, 4) is 0 Å². The van der Waals surface area contributed by atoms with Gasteiger partial charge in [0.2, 0.25) is 11.8 Å². The zero-order valence-electron chi connectivity index (χ0n) is 13.5. The molecular formula is C18H19N3O3. The topological polar surface area (TPSA) is 71.4 Å². The molecule has 0 unspecified atom stereocenters. The Morgan fingerprint density at radius 1 is 1.21 bits per heavy atom. The summed E-state index contributed by atoms with van der Waals surface area (Å²) in [4.78, 5) is 37.0. The van der Waals surface area contributed by atoms with Crippen molar-refractivity contribution in [1.82, 2.24) is 4.57 Å². The second kappa shape index (κ2) is 6.70. The van der Waals surface area contributed by atoms with Crippen LogP contribution in [0.15, 0.2) is 47.4 Å². The average molecular weight is 325 g/mol. The number of benzene rings is 1. The van der Waals surface area contributed by atoms with E-state index in [0.29, 0.717) is 18.8 Å². The molecule has 0 atom stereocenters. The van der Waals surface area contributed by atoms with Crippen molar-refractivity contribution < 1.29 is 9.59 Å². The van der Waals surface area contributed by atoms with Gasteiger partial charge in [0.1, 0.15) is 0 Å². The Morgan fingerprint density at radius 2 is 2.04 bits per heavy atom. The van der Waals surface area contributed by atoms with Crippen LogP contribution in [-0.4, -0.2) is 22.9 Å². The van der Waals surface area contributed by atoms with Gasteiger partial charge in [-0.3, -0.25) is 14.4 Å². The molecule has 1 aliphatic rings. The fraction of sp³-hybridized carbons (Fsp3) is 0.278. The molecule has 3 rings (SSSR count). The van der Waals surface area contributed by atoms with E-state index in [9.17, 15) is 14.4 Å². The summed E-state index contributed by atoms with van der Waals surface area (Å²) < 4.78 is 1.51. The number of aryl methyl sites for hydroxylation is 1. The molecule has 6 nitrogen and oxygen atoms in total. The predicted molar refractivity (Wildman–Crippen MR) is 92.1 cm³/mol. The summed E-state index contributed by atoms with van der Waals surface area (Å²) in [5.74, 6) is -0.119. The van der Waals surface area contributed by atoms with Crippen LogP contribution in [0.25, 0.3) is 0 Å². The fourth-order valence-electron chi connectivity index (χ4n) is 2.90. The third kappa shape index (κ3) is 3.37. The first kappa shape index (κ1) is 16.0. The summed E-state index contributed by atoms with van der Waals surface area (Å²) in [6, 6.07) is 10.5. The summed E-state index contributed by atoms with van der Waals surface area (Å²) in [6.07, 6.45) is 2.68. The minimum atomic E-state index is -0.146. The standard InChI is InChI=1S/C18H19N3O3/c1-13(22)21-11-7-14-12-15(5-6-16(14)21)19-17(23)8-10-20-9-3-2-4-18(20)24/h2-6,9,12H,7-8,10-11H2,1H3,(H,19,23). The minimum Gasteiger partial charge on any atom is -0.326 e. The molecule has 0 aliphatic carbocycles. The van der Waals surface area contributed by atoms with Gasteiger partial charge in [-0.1, -0.05) is 6.07 Å². The van der Waals surface area contributed by atoms with E-state index in [2.05, 4.69) is 5.32 Å². The third-order valence-corrected chi connectivity index (χ3v) is 4.12. The highest BCUT2D eigenvalue weighted by atomic mass is 16.2. The number of pyridine rings is 1. The van der Waals surface area contributed by atoms with Gasteiger partial charge in [-0.25, -0.2) is 0 Å². The van der Waals surface area contributed by atoms with Gasteiger partial charge in [-0.15, -0.1) is 0 Å². The molecule has 0 spiro atoms. The summed E-state index contributed by atoms with van der Waals surface area (Å²) in [5.41, 5.74) is 2.57. The Bertz CT molecular complexity index is 841. The Hall–Kier alpha value is -2.89. The van der Waals surface area contributed by atoms with Gasteiger partial charge in [-0.2, -0.15) is 0 Å². The van der Waals surface area contributed by atoms with Gasteiger partial charge in [0.05, 0.1) is 0 Å². The molecule has 2 aromatic rings. The number of hydrogen-bond donors (Lipinski definition) is 1. The number of fused-ring (bicyclic) bond motifs is 1. The lowest BCUT2D eigenvalue weighted by molar-refractivity contribution is -0.117. The molecule has 2 heterocycles. The van der Waals surface area contributed by atoms with E-state index < -0.39 is 0 Å². The highest BCUT2D eigenvalue weighted by Crippen LogP contribution is 2.30. The quantitative estimate of drug-likeness (QED) is 0.931. The van der Waals surface area contributed by atoms with Crippen LogP contribution in [0.5, 0.6) is 0 Å². The maximum atomic E-state index is 12.1. The largest absolute Gasteiger partial charge is 0.326 e. The molecule has 0 fully saturated rings. The summed E-state index contributed by atoms with van der Waals surface area (Å²) in [5, 5.41) is 2.85. The number of hydrogen-bond acceptors (Lipinski definition) is 3. The van der Waals surface area contributed by atoms with Crippen LogP contribution < -0.4 is 15.8 Å². The van der Waals surface area contributed by atoms with Gasteiger partial charge in [0, 0.05) is 50.1 Å². The molecule has 1 aromatic heterocycles. The zero-order chi connectivity index (χ0) is 17.1. The predicted octanol–water partition coefficient (Wildman–Crippen LogP) is 1.79. The second-order valence-corrected chi connectivity index (χ2v) is 5.79. The lowest BCUT2D eigenvalue weighted by Gasteiger charge is -2.15. The number of aromatic nitrogens is 1. The molecule has 0 radical (unpaired) electrons. The number of rotatable bonds is 4. The van der Waals surface area contributed by atoms with Gasteiger partial charge in [0.15, 0.2) is 0 Å². The maximum absolute atomic E-state index is 12.1. The maximum Gasteiger partial charge on any atom is 0.250 e. The molecule has 0 saturated heterocycles. The Morgan fingerprint density at radius 3 is 2.79 bits per heavy atom. The van der Waals surface area contributed by atoms with Gasteiger partial charge in [-0.05, 0) is 36.2 Å². The smallest absolute Gasteiger partial charge is 0.250 e. The first-order chi connectivity index (χ1) is 11.5. The minimum absolute atomic E-state index is 0.0267. The summed E-state index contributed by atoms with van der Waals surface area (Å²) in [6.45, 7) is 2.57. The van der Waals surface area contributed by atoms with E-state index in [4.69, 9.17) is 0 Å². The van der Waals surface area contributed by atoms with Crippen LogP contribution in [0.2, 0.25) is 0 Å². The molecule has 1 aromatic carbocycles. The number of nitrogens with zero attached hydrogens (tertiary/aromatic N) is 2. The molecule has 24 heavy (non-hydrogen) atoms. The van der Waals surface area contributed by atoms with Gasteiger partial charge in [0.25, 0.3) is 5.56 Å². The average Bonchev–Trinajstić information content (AvgIpc) is 2.97. The van der Waals surface area contributed by atoms with E-state index in [1.807, 2.05) is 12.1 Å². The fourth-order valence-corrected chi connectivity index (χ4v) is 2.90. The SMILES string of the molecule is CC(=O)N1CCc2cc(NC(=O)CCn3ccccc3=O)ccc21. The van der Waals surface area contributed by atoms with Crippen molar-refractivity contribution in [3.63, 3.8) is 0 Å². The van der Waals surface area contributed by atoms with Crippen LogP contribution in [0.4, 0.5) is 11.4 Å². The monoisotopic (exact) mass is 325 g/mol. The summed E-state index contributed by atoms with van der Waals surface area (Å²) >= 11 is 0. The Labute approximate surface area is 139 Å². The lowest BCUT2D eigenvalue weighted by Crippen LogP contribution is -2.25. The second-order valence-electron chi connectivity index (χ2n) is 5.79. The molecule has 0 saturated carbocycles. The molecule has 2 amide bonds. The van der Waals surface area contributed by atoms with Gasteiger partial charge >= 0.3 is 0 Å². The molecule has 0 bridgehead atoms. The number of amides is 2. The number of carbonyl (C=O) groups is 2. The molecule has 1 N–H and O–H groups in total. The molecule has 1 aliphatic heterocycles. The van der Waals surface area contributed by atoms with Crippen molar-refractivity contribution in [2.24, 2.45) is 0 Å². The Balaban J connectivity index is 1.62. The van der Waals surface area contributed by atoms with E-state index in [1.165, 1.54) is 10.6 Å². The lowest BCUT2D eigenvalue weighted by atomic mass is 10.1. The first-order valence-corrected chi connectivity index (χ1v) is 7.91. The zero-order valence-corrected chi connectivity index (χ0v) is 13.5. The van der Waals surface area contributed by atoms with Crippen LogP contribution >= 0.6 is 0 Å². The van der Waals surface area contributed by atoms with Crippen molar-refractivity contribution in [2.75, 3.05) is 16.8 Å². The van der Waals surface area contributed by atoms with Crippen molar-refractivity contribution in [1.29, 1.82) is 0 Å². The van der Waals surface area contributed by atoms with Crippen LogP contribution in [-0.2, 0) is 22.6 Å².